The van der Waals surface area contributed by atoms with Gasteiger partial charge < -0.3 is 4.57 Å². The SMILES string of the molecule is CC1(C)c2ccccc2-c2ccc(-c3c4ccccc4c(-c4ccc5c(c4)C(C)(C)c4ccccc4-5)c4cc(-c5cc6ccc7cc(C#N)cc8c7c6c(c5)n8-c5ccccc5)ccc34)cc21. The highest BCUT2D eigenvalue weighted by atomic mass is 15.0. The third-order valence-electron chi connectivity index (χ3n) is 15.7. The molecule has 1 heterocycles. The van der Waals surface area contributed by atoms with Crippen LogP contribution in [0.1, 0.15) is 55.5 Å². The maximum atomic E-state index is 10.1. The Balaban J connectivity index is 1.06. The molecule has 2 nitrogen and oxygen atoms in total. The van der Waals surface area contributed by atoms with Gasteiger partial charge in [0.15, 0.2) is 0 Å². The minimum absolute atomic E-state index is 0.123. The Morgan fingerprint density at radius 3 is 1.48 bits per heavy atom. The molecule has 1 aromatic heterocycles. The van der Waals surface area contributed by atoms with Gasteiger partial charge in [0, 0.05) is 27.3 Å². The van der Waals surface area contributed by atoms with Crippen molar-refractivity contribution in [3.05, 3.63) is 222 Å². The monoisotopic (exact) mass is 852 g/mol. The Kier molecular flexibility index (Phi) is 7.62. The normalized spacial score (nSPS) is 14.2. The first-order chi connectivity index (χ1) is 32.7. The molecule has 0 amide bonds. The first-order valence-corrected chi connectivity index (χ1v) is 23.5. The zero-order valence-corrected chi connectivity index (χ0v) is 37.9. The molecule has 0 unspecified atom stereocenters. The second kappa shape index (κ2) is 13.4. The number of benzene rings is 11. The van der Waals surface area contributed by atoms with Gasteiger partial charge >= 0.3 is 0 Å². The molecule has 67 heavy (non-hydrogen) atoms. The van der Waals surface area contributed by atoms with Crippen molar-refractivity contribution in [2.75, 3.05) is 0 Å². The van der Waals surface area contributed by atoms with Crippen molar-refractivity contribution >= 4 is 54.1 Å². The van der Waals surface area contributed by atoms with Crippen LogP contribution < -0.4 is 0 Å². The van der Waals surface area contributed by atoms with E-state index in [0.29, 0.717) is 5.56 Å². The van der Waals surface area contributed by atoms with E-state index >= 15 is 0 Å². The summed E-state index contributed by atoms with van der Waals surface area (Å²) in [6, 6.07) is 74.9. The van der Waals surface area contributed by atoms with E-state index in [1.165, 1.54) is 104 Å². The minimum atomic E-state index is -0.136. The smallest absolute Gasteiger partial charge is 0.0992 e. The molecular weight excluding hydrogens is 809 g/mol. The molecule has 2 aliphatic carbocycles. The fourth-order valence-corrected chi connectivity index (χ4v) is 12.6. The van der Waals surface area contributed by atoms with Crippen molar-refractivity contribution in [1.82, 2.24) is 4.57 Å². The van der Waals surface area contributed by atoms with Gasteiger partial charge in [0.05, 0.1) is 22.7 Å². The third kappa shape index (κ3) is 5.15. The molecule has 0 fully saturated rings. The molecule has 14 rings (SSSR count). The second-order valence-corrected chi connectivity index (χ2v) is 20.0. The largest absolute Gasteiger partial charge is 0.309 e. The molecule has 2 heteroatoms. The molecular formula is C65H44N2. The standard InChI is InChI=1S/C65H44N2/c1-64(2)54-20-12-10-16-46(54)48-27-25-42(34-56(48)64)60-50-18-8-9-19-51(50)61(43-26-28-49-47-17-11-13-21-55(47)65(3,4)57(49)35-43)53-33-39(24-29-52(53)60)44-32-41-23-22-40-30-38(37-66)31-58-62(40)63(41)59(36-44)67(58)45-14-6-5-7-15-45/h5-36H,1-4H3. The van der Waals surface area contributed by atoms with Crippen LogP contribution in [0.5, 0.6) is 0 Å². The molecule has 0 saturated carbocycles. The molecule has 0 bridgehead atoms. The molecule has 314 valence electrons. The third-order valence-corrected chi connectivity index (χ3v) is 15.7. The number of fused-ring (bicyclic) bond motifs is 8. The lowest BCUT2D eigenvalue weighted by Crippen LogP contribution is -2.15. The summed E-state index contributed by atoms with van der Waals surface area (Å²) in [5.41, 5.74) is 21.8. The van der Waals surface area contributed by atoms with Gasteiger partial charge in [-0.3, -0.25) is 0 Å². The second-order valence-electron chi connectivity index (χ2n) is 20.0. The number of hydrogen-bond acceptors (Lipinski definition) is 1. The van der Waals surface area contributed by atoms with Gasteiger partial charge in [-0.2, -0.15) is 5.26 Å². The van der Waals surface area contributed by atoms with Crippen molar-refractivity contribution in [3.63, 3.8) is 0 Å². The Morgan fingerprint density at radius 2 is 0.866 bits per heavy atom. The van der Waals surface area contributed by atoms with Crippen LogP contribution in [0.25, 0.3) is 115 Å². The molecule has 2 aliphatic rings. The number of nitriles is 1. The summed E-state index contributed by atoms with van der Waals surface area (Å²) in [7, 11) is 0. The van der Waals surface area contributed by atoms with Gasteiger partial charge in [0.2, 0.25) is 0 Å². The number of nitrogens with zero attached hydrogens (tertiary/aromatic N) is 2. The van der Waals surface area contributed by atoms with Gasteiger partial charge in [-0.05, 0) is 165 Å². The summed E-state index contributed by atoms with van der Waals surface area (Å²) >= 11 is 0. The zero-order chi connectivity index (χ0) is 44.9. The average molecular weight is 853 g/mol. The van der Waals surface area contributed by atoms with Crippen LogP contribution in [0.4, 0.5) is 0 Å². The molecule has 11 aromatic carbocycles. The van der Waals surface area contributed by atoms with Gasteiger partial charge in [-0.1, -0.05) is 167 Å². The van der Waals surface area contributed by atoms with Crippen LogP contribution in [-0.4, -0.2) is 4.57 Å². The highest BCUT2D eigenvalue weighted by Gasteiger charge is 2.37. The Labute approximate surface area is 390 Å². The van der Waals surface area contributed by atoms with Crippen LogP contribution >= 0.6 is 0 Å². The van der Waals surface area contributed by atoms with E-state index in [0.717, 1.165) is 33.2 Å². The lowest BCUT2D eigenvalue weighted by Gasteiger charge is -2.24. The zero-order valence-electron chi connectivity index (χ0n) is 37.9. The van der Waals surface area contributed by atoms with Crippen molar-refractivity contribution in [2.45, 2.75) is 38.5 Å². The fourth-order valence-electron chi connectivity index (χ4n) is 12.6. The topological polar surface area (TPSA) is 28.7 Å². The number of para-hydroxylation sites is 1. The number of hydrogen-bond donors (Lipinski definition) is 0. The highest BCUT2D eigenvalue weighted by molar-refractivity contribution is 6.26. The summed E-state index contributed by atoms with van der Waals surface area (Å²) in [4.78, 5) is 0. The van der Waals surface area contributed by atoms with Crippen LogP contribution in [0.15, 0.2) is 194 Å². The van der Waals surface area contributed by atoms with Crippen LogP contribution in [0.3, 0.4) is 0 Å². The summed E-state index contributed by atoms with van der Waals surface area (Å²) in [6.45, 7) is 9.51. The van der Waals surface area contributed by atoms with Crippen LogP contribution in [0, 0.1) is 11.3 Å². The van der Waals surface area contributed by atoms with E-state index in [1.54, 1.807) is 0 Å². The van der Waals surface area contributed by atoms with Crippen molar-refractivity contribution in [3.8, 4) is 67.4 Å². The lowest BCUT2D eigenvalue weighted by atomic mass is 9.79. The summed E-state index contributed by atoms with van der Waals surface area (Å²) in [6.07, 6.45) is 0. The van der Waals surface area contributed by atoms with Crippen molar-refractivity contribution in [2.24, 2.45) is 0 Å². The lowest BCUT2D eigenvalue weighted by molar-refractivity contribution is 0.660. The summed E-state index contributed by atoms with van der Waals surface area (Å²) < 4.78 is 2.35. The molecule has 0 saturated heterocycles. The highest BCUT2D eigenvalue weighted by Crippen LogP contribution is 2.54. The molecule has 0 radical (unpaired) electrons. The van der Waals surface area contributed by atoms with Gasteiger partial charge in [-0.15, -0.1) is 0 Å². The van der Waals surface area contributed by atoms with Crippen LogP contribution in [0.2, 0.25) is 0 Å². The first kappa shape index (κ1) is 38.1. The van der Waals surface area contributed by atoms with E-state index in [2.05, 4.69) is 226 Å². The molecule has 0 spiro atoms. The molecule has 12 aromatic rings. The van der Waals surface area contributed by atoms with E-state index in [9.17, 15) is 5.26 Å². The minimum Gasteiger partial charge on any atom is -0.309 e. The Morgan fingerprint density at radius 1 is 0.373 bits per heavy atom. The molecule has 0 aliphatic heterocycles. The van der Waals surface area contributed by atoms with Gasteiger partial charge in [0.1, 0.15) is 0 Å². The quantitative estimate of drug-likeness (QED) is 0.128. The van der Waals surface area contributed by atoms with Gasteiger partial charge in [0.25, 0.3) is 0 Å². The summed E-state index contributed by atoms with van der Waals surface area (Å²) in [5.74, 6) is 0. The maximum Gasteiger partial charge on any atom is 0.0992 e. The molecule has 0 N–H and O–H groups in total. The van der Waals surface area contributed by atoms with Crippen molar-refractivity contribution < 1.29 is 0 Å². The Bertz CT molecular complexity index is 4150. The Hall–Kier alpha value is -8.25. The predicted octanol–water partition coefficient (Wildman–Crippen LogP) is 17.2. The average Bonchev–Trinajstić information content (AvgIpc) is 3.91. The van der Waals surface area contributed by atoms with Crippen molar-refractivity contribution in [1.29, 1.82) is 5.26 Å². The first-order valence-electron chi connectivity index (χ1n) is 23.5. The van der Waals surface area contributed by atoms with Crippen LogP contribution in [-0.2, 0) is 10.8 Å². The van der Waals surface area contributed by atoms with E-state index in [-0.39, 0.29) is 10.8 Å². The number of rotatable bonds is 4. The van der Waals surface area contributed by atoms with E-state index in [1.807, 2.05) is 6.07 Å². The van der Waals surface area contributed by atoms with Gasteiger partial charge in [-0.25, -0.2) is 0 Å². The predicted molar refractivity (Wildman–Crippen MR) is 281 cm³/mol. The van der Waals surface area contributed by atoms with E-state index in [4.69, 9.17) is 0 Å². The summed E-state index contributed by atoms with van der Waals surface area (Å²) in [5, 5.41) is 19.8. The maximum absolute atomic E-state index is 10.1. The number of aromatic nitrogens is 1. The van der Waals surface area contributed by atoms with E-state index < -0.39 is 0 Å². The fraction of sp³-hybridized carbons (Fsp3) is 0.0923. The molecule has 0 atom stereocenters.